The average molecular weight is 201 g/mol. The van der Waals surface area contributed by atoms with Crippen molar-refractivity contribution in [1.29, 1.82) is 0 Å². The Morgan fingerprint density at radius 2 is 1.86 bits per heavy atom. The van der Waals surface area contributed by atoms with Crippen LogP contribution in [-0.4, -0.2) is 40.5 Å². The molecule has 84 valence electrons. The first-order chi connectivity index (χ1) is 6.83. The van der Waals surface area contributed by atoms with Crippen LogP contribution in [0.1, 0.15) is 25.7 Å². The Hall–Kier alpha value is -0.120. The minimum atomic E-state index is 0.573. The summed E-state index contributed by atoms with van der Waals surface area (Å²) in [6.45, 7) is 3.99. The molecule has 1 N–H and O–H groups in total. The van der Waals surface area contributed by atoms with E-state index in [0.717, 1.165) is 32.7 Å². The first-order valence-corrected chi connectivity index (χ1v) is 5.52. The standard InChI is InChI=1S/C11H23NO2/c1-13-8-3-7-12-10-11(4-5-11)6-9-14-2/h12H,3-10H2,1-2H3. The van der Waals surface area contributed by atoms with Crippen LogP contribution in [0.2, 0.25) is 0 Å². The van der Waals surface area contributed by atoms with Gasteiger partial charge in [-0.3, -0.25) is 0 Å². The molecule has 1 aliphatic carbocycles. The van der Waals surface area contributed by atoms with Crippen molar-refractivity contribution in [3.8, 4) is 0 Å². The van der Waals surface area contributed by atoms with Gasteiger partial charge in [0, 0.05) is 34.0 Å². The van der Waals surface area contributed by atoms with E-state index in [1.54, 1.807) is 14.2 Å². The lowest BCUT2D eigenvalue weighted by molar-refractivity contribution is 0.169. The van der Waals surface area contributed by atoms with Crippen molar-refractivity contribution in [1.82, 2.24) is 5.32 Å². The van der Waals surface area contributed by atoms with Crippen molar-refractivity contribution in [3.05, 3.63) is 0 Å². The van der Waals surface area contributed by atoms with E-state index in [1.165, 1.54) is 19.3 Å². The zero-order chi connectivity index (χ0) is 10.3. The third kappa shape index (κ3) is 4.40. The first kappa shape index (κ1) is 12.0. The summed E-state index contributed by atoms with van der Waals surface area (Å²) in [5.74, 6) is 0. The predicted molar refractivity (Wildman–Crippen MR) is 57.5 cm³/mol. The summed E-state index contributed by atoms with van der Waals surface area (Å²) in [7, 11) is 3.53. The molecule has 0 atom stereocenters. The van der Waals surface area contributed by atoms with Gasteiger partial charge in [-0.25, -0.2) is 0 Å². The predicted octanol–water partition coefficient (Wildman–Crippen LogP) is 1.43. The molecule has 14 heavy (non-hydrogen) atoms. The summed E-state index contributed by atoms with van der Waals surface area (Å²) >= 11 is 0. The monoisotopic (exact) mass is 201 g/mol. The molecule has 0 aromatic heterocycles. The molecule has 1 rings (SSSR count). The molecule has 0 heterocycles. The van der Waals surface area contributed by atoms with Gasteiger partial charge in [-0.05, 0) is 37.6 Å². The molecule has 0 aliphatic heterocycles. The van der Waals surface area contributed by atoms with Crippen molar-refractivity contribution in [2.45, 2.75) is 25.7 Å². The van der Waals surface area contributed by atoms with Crippen molar-refractivity contribution in [2.75, 3.05) is 40.5 Å². The highest BCUT2D eigenvalue weighted by molar-refractivity contribution is 4.94. The first-order valence-electron chi connectivity index (χ1n) is 5.52. The van der Waals surface area contributed by atoms with Crippen molar-refractivity contribution >= 4 is 0 Å². The van der Waals surface area contributed by atoms with Crippen LogP contribution in [0.4, 0.5) is 0 Å². The second-order valence-corrected chi connectivity index (χ2v) is 4.27. The Bertz CT molecular complexity index is 146. The second-order valence-electron chi connectivity index (χ2n) is 4.27. The van der Waals surface area contributed by atoms with Gasteiger partial charge in [0.05, 0.1) is 0 Å². The van der Waals surface area contributed by atoms with Crippen LogP contribution >= 0.6 is 0 Å². The van der Waals surface area contributed by atoms with E-state index in [9.17, 15) is 0 Å². The van der Waals surface area contributed by atoms with Crippen LogP contribution in [0.15, 0.2) is 0 Å². The maximum atomic E-state index is 5.11. The van der Waals surface area contributed by atoms with Crippen LogP contribution in [0.3, 0.4) is 0 Å². The molecular formula is C11H23NO2. The Labute approximate surface area is 87.2 Å². The van der Waals surface area contributed by atoms with E-state index in [0.29, 0.717) is 5.41 Å². The summed E-state index contributed by atoms with van der Waals surface area (Å²) in [5, 5.41) is 3.50. The molecular weight excluding hydrogens is 178 g/mol. The van der Waals surface area contributed by atoms with E-state index < -0.39 is 0 Å². The smallest absolute Gasteiger partial charge is 0.0474 e. The molecule has 0 aromatic rings. The normalized spacial score (nSPS) is 18.4. The molecule has 3 heteroatoms. The van der Waals surface area contributed by atoms with Crippen LogP contribution in [0, 0.1) is 5.41 Å². The zero-order valence-electron chi connectivity index (χ0n) is 9.47. The van der Waals surface area contributed by atoms with Gasteiger partial charge in [-0.1, -0.05) is 0 Å². The van der Waals surface area contributed by atoms with Gasteiger partial charge in [0.15, 0.2) is 0 Å². The van der Waals surface area contributed by atoms with E-state index in [-0.39, 0.29) is 0 Å². The SMILES string of the molecule is COCCCNCC1(CCOC)CC1. The van der Waals surface area contributed by atoms with Crippen molar-refractivity contribution in [3.63, 3.8) is 0 Å². The average Bonchev–Trinajstić information content (AvgIpc) is 2.96. The van der Waals surface area contributed by atoms with Gasteiger partial charge in [-0.15, -0.1) is 0 Å². The largest absolute Gasteiger partial charge is 0.385 e. The summed E-state index contributed by atoms with van der Waals surface area (Å²) in [4.78, 5) is 0. The highest BCUT2D eigenvalue weighted by Crippen LogP contribution is 2.48. The Kier molecular flexibility index (Phi) is 5.45. The maximum absolute atomic E-state index is 5.11. The lowest BCUT2D eigenvalue weighted by Gasteiger charge is -2.15. The third-order valence-corrected chi connectivity index (χ3v) is 3.00. The topological polar surface area (TPSA) is 30.5 Å². The number of nitrogens with one attached hydrogen (secondary N) is 1. The lowest BCUT2D eigenvalue weighted by Crippen LogP contribution is -2.26. The molecule has 0 spiro atoms. The lowest BCUT2D eigenvalue weighted by atomic mass is 10.0. The van der Waals surface area contributed by atoms with E-state index in [2.05, 4.69) is 5.32 Å². The molecule has 1 aliphatic rings. The molecule has 0 amide bonds. The minimum absolute atomic E-state index is 0.573. The van der Waals surface area contributed by atoms with Crippen LogP contribution < -0.4 is 5.32 Å². The highest BCUT2D eigenvalue weighted by atomic mass is 16.5. The maximum Gasteiger partial charge on any atom is 0.0474 e. The minimum Gasteiger partial charge on any atom is -0.385 e. The molecule has 1 fully saturated rings. The zero-order valence-corrected chi connectivity index (χ0v) is 9.47. The van der Waals surface area contributed by atoms with Gasteiger partial charge in [-0.2, -0.15) is 0 Å². The number of ether oxygens (including phenoxy) is 2. The molecule has 0 saturated heterocycles. The summed E-state index contributed by atoms with van der Waals surface area (Å²) in [6.07, 6.45) is 5.05. The van der Waals surface area contributed by atoms with Crippen LogP contribution in [-0.2, 0) is 9.47 Å². The van der Waals surface area contributed by atoms with Gasteiger partial charge in [0.2, 0.25) is 0 Å². The van der Waals surface area contributed by atoms with E-state index >= 15 is 0 Å². The van der Waals surface area contributed by atoms with Gasteiger partial charge >= 0.3 is 0 Å². The van der Waals surface area contributed by atoms with Gasteiger partial charge < -0.3 is 14.8 Å². The molecule has 0 radical (unpaired) electrons. The highest BCUT2D eigenvalue weighted by Gasteiger charge is 2.41. The Balaban J connectivity index is 1.94. The number of methoxy groups -OCH3 is 2. The Morgan fingerprint density at radius 1 is 1.14 bits per heavy atom. The molecule has 1 saturated carbocycles. The number of hydrogen-bond acceptors (Lipinski definition) is 3. The van der Waals surface area contributed by atoms with Gasteiger partial charge in [0.1, 0.15) is 0 Å². The third-order valence-electron chi connectivity index (χ3n) is 3.00. The summed E-state index contributed by atoms with van der Waals surface area (Å²) < 4.78 is 10.1. The van der Waals surface area contributed by atoms with E-state index in [1.807, 2.05) is 0 Å². The van der Waals surface area contributed by atoms with E-state index in [4.69, 9.17) is 9.47 Å². The van der Waals surface area contributed by atoms with Crippen molar-refractivity contribution in [2.24, 2.45) is 5.41 Å². The summed E-state index contributed by atoms with van der Waals surface area (Å²) in [5.41, 5.74) is 0.573. The fourth-order valence-electron chi connectivity index (χ4n) is 1.71. The molecule has 3 nitrogen and oxygen atoms in total. The summed E-state index contributed by atoms with van der Waals surface area (Å²) in [6, 6.07) is 0. The number of rotatable bonds is 9. The van der Waals surface area contributed by atoms with Crippen LogP contribution in [0.5, 0.6) is 0 Å². The van der Waals surface area contributed by atoms with Crippen molar-refractivity contribution < 1.29 is 9.47 Å². The fraction of sp³-hybridized carbons (Fsp3) is 1.00. The molecule has 0 bridgehead atoms. The second kappa shape index (κ2) is 6.38. The van der Waals surface area contributed by atoms with Gasteiger partial charge in [0.25, 0.3) is 0 Å². The fourth-order valence-corrected chi connectivity index (χ4v) is 1.71. The molecule has 0 aromatic carbocycles. The quantitative estimate of drug-likeness (QED) is 0.572. The molecule has 0 unspecified atom stereocenters. The Morgan fingerprint density at radius 3 is 2.43 bits per heavy atom. The number of hydrogen-bond donors (Lipinski definition) is 1. The van der Waals surface area contributed by atoms with Crippen LogP contribution in [0.25, 0.3) is 0 Å².